The number of urea groups is 1. The molecule has 6 nitrogen and oxygen atoms in total. The fourth-order valence-electron chi connectivity index (χ4n) is 3.84. The van der Waals surface area contributed by atoms with E-state index >= 15 is 0 Å². The van der Waals surface area contributed by atoms with Crippen LogP contribution in [0.2, 0.25) is 0 Å². The minimum Gasteiger partial charge on any atom is -0.381 e. The number of nitrogens with one attached hydrogen (secondary N) is 1. The number of ether oxygens (including phenoxy) is 1. The summed E-state index contributed by atoms with van der Waals surface area (Å²) in [5.41, 5.74) is -0.545. The Balaban J connectivity index is 1.87. The molecule has 1 saturated carbocycles. The Bertz CT molecular complexity index is 464. The van der Waals surface area contributed by atoms with Crippen molar-refractivity contribution in [1.82, 2.24) is 10.2 Å². The summed E-state index contributed by atoms with van der Waals surface area (Å²) in [4.78, 5) is 38.5. The van der Waals surface area contributed by atoms with Crippen LogP contribution < -0.4 is 5.32 Å². The second-order valence-corrected chi connectivity index (χ2v) is 6.60. The van der Waals surface area contributed by atoms with Gasteiger partial charge in [0.25, 0.3) is 0 Å². The van der Waals surface area contributed by atoms with Gasteiger partial charge < -0.3 is 4.74 Å². The molecule has 116 valence electrons. The minimum absolute atomic E-state index is 0.0801. The van der Waals surface area contributed by atoms with Crippen LogP contribution in [0, 0.1) is 11.8 Å². The van der Waals surface area contributed by atoms with Crippen molar-refractivity contribution in [2.24, 2.45) is 11.8 Å². The Labute approximate surface area is 124 Å². The lowest BCUT2D eigenvalue weighted by atomic mass is 9.83. The highest BCUT2D eigenvalue weighted by Crippen LogP contribution is 2.37. The van der Waals surface area contributed by atoms with E-state index in [1.165, 1.54) is 4.90 Å². The molecule has 1 unspecified atom stereocenters. The average molecular weight is 294 g/mol. The zero-order valence-electron chi connectivity index (χ0n) is 12.4. The van der Waals surface area contributed by atoms with Gasteiger partial charge in [0, 0.05) is 13.2 Å². The topological polar surface area (TPSA) is 75.7 Å². The predicted molar refractivity (Wildman–Crippen MR) is 74.3 cm³/mol. The van der Waals surface area contributed by atoms with Crippen LogP contribution >= 0.6 is 0 Å². The lowest BCUT2D eigenvalue weighted by Crippen LogP contribution is -2.66. The summed E-state index contributed by atoms with van der Waals surface area (Å²) in [6, 6.07) is -0.566. The van der Waals surface area contributed by atoms with Gasteiger partial charge in [-0.3, -0.25) is 19.8 Å². The molecule has 0 aromatic heterocycles. The average Bonchev–Trinajstić information content (AvgIpc) is 2.92. The van der Waals surface area contributed by atoms with Crippen LogP contribution in [-0.4, -0.2) is 41.5 Å². The predicted octanol–water partition coefficient (Wildman–Crippen LogP) is 1.44. The lowest BCUT2D eigenvalue weighted by molar-refractivity contribution is -0.151. The van der Waals surface area contributed by atoms with Crippen LogP contribution in [-0.2, 0) is 14.3 Å². The van der Waals surface area contributed by atoms with Gasteiger partial charge in [0.15, 0.2) is 0 Å². The SMILES string of the molecule is CC1(N2C(=O)NC(=O)C(C3CCCC3)C2=O)CCOCC1. The van der Waals surface area contributed by atoms with Gasteiger partial charge in [-0.2, -0.15) is 0 Å². The third-order valence-electron chi connectivity index (χ3n) is 5.18. The van der Waals surface area contributed by atoms with Crippen LogP contribution in [0.4, 0.5) is 4.79 Å². The van der Waals surface area contributed by atoms with Crippen LogP contribution in [0.25, 0.3) is 0 Å². The maximum Gasteiger partial charge on any atom is 0.331 e. The van der Waals surface area contributed by atoms with E-state index in [0.717, 1.165) is 25.7 Å². The number of hydrogen-bond acceptors (Lipinski definition) is 4. The summed E-state index contributed by atoms with van der Waals surface area (Å²) < 4.78 is 5.34. The molecule has 1 aliphatic carbocycles. The van der Waals surface area contributed by atoms with Gasteiger partial charge in [0.2, 0.25) is 11.8 Å². The molecule has 0 bridgehead atoms. The Kier molecular flexibility index (Phi) is 3.73. The van der Waals surface area contributed by atoms with E-state index in [4.69, 9.17) is 4.74 Å². The second-order valence-electron chi connectivity index (χ2n) is 6.60. The molecule has 0 radical (unpaired) electrons. The van der Waals surface area contributed by atoms with Crippen molar-refractivity contribution in [3.05, 3.63) is 0 Å². The first kappa shape index (κ1) is 14.5. The standard InChI is InChI=1S/C15H22N2O4/c1-15(6-8-21-9-7-15)17-13(19)11(10-4-2-3-5-10)12(18)16-14(17)20/h10-11H,2-9H2,1H3,(H,16,18,20). The number of amides is 4. The molecule has 0 aromatic carbocycles. The monoisotopic (exact) mass is 294 g/mol. The number of rotatable bonds is 2. The highest BCUT2D eigenvalue weighted by Gasteiger charge is 2.51. The van der Waals surface area contributed by atoms with Crippen molar-refractivity contribution < 1.29 is 19.1 Å². The van der Waals surface area contributed by atoms with Crippen LogP contribution in [0.5, 0.6) is 0 Å². The molecule has 6 heteroatoms. The maximum absolute atomic E-state index is 12.8. The number of carbonyl (C=O) groups excluding carboxylic acids is 3. The minimum atomic E-state index is -0.690. The Morgan fingerprint density at radius 3 is 2.38 bits per heavy atom. The number of carbonyl (C=O) groups is 3. The third-order valence-corrected chi connectivity index (χ3v) is 5.18. The molecule has 3 fully saturated rings. The summed E-state index contributed by atoms with van der Waals surface area (Å²) in [5, 5.41) is 2.40. The van der Waals surface area contributed by atoms with E-state index in [-0.39, 0.29) is 11.8 Å². The number of barbiturate groups is 1. The normalized spacial score (nSPS) is 30.6. The Hall–Kier alpha value is -1.43. The zero-order chi connectivity index (χ0) is 15.0. The van der Waals surface area contributed by atoms with E-state index in [1.54, 1.807) is 0 Å². The molecule has 1 N–H and O–H groups in total. The van der Waals surface area contributed by atoms with Gasteiger partial charge in [-0.1, -0.05) is 12.8 Å². The van der Waals surface area contributed by atoms with Crippen molar-refractivity contribution in [3.63, 3.8) is 0 Å². The van der Waals surface area contributed by atoms with Gasteiger partial charge in [0.05, 0.1) is 5.54 Å². The van der Waals surface area contributed by atoms with Gasteiger partial charge in [0.1, 0.15) is 5.92 Å². The first-order valence-corrected chi connectivity index (χ1v) is 7.79. The molecule has 2 saturated heterocycles. The maximum atomic E-state index is 12.8. The van der Waals surface area contributed by atoms with Crippen molar-refractivity contribution in [3.8, 4) is 0 Å². The van der Waals surface area contributed by atoms with Gasteiger partial charge in [-0.25, -0.2) is 4.79 Å². The van der Waals surface area contributed by atoms with Crippen LogP contribution in [0.3, 0.4) is 0 Å². The fourth-order valence-corrected chi connectivity index (χ4v) is 3.84. The molecule has 3 rings (SSSR count). The largest absolute Gasteiger partial charge is 0.381 e. The number of imide groups is 2. The van der Waals surface area contributed by atoms with Crippen molar-refractivity contribution in [2.45, 2.75) is 51.0 Å². The molecular weight excluding hydrogens is 272 g/mol. The lowest BCUT2D eigenvalue weighted by Gasteiger charge is -2.45. The van der Waals surface area contributed by atoms with Gasteiger partial charge in [-0.15, -0.1) is 0 Å². The smallest absolute Gasteiger partial charge is 0.331 e. The first-order valence-electron chi connectivity index (χ1n) is 7.79. The molecule has 21 heavy (non-hydrogen) atoms. The summed E-state index contributed by atoms with van der Waals surface area (Å²) in [6.07, 6.45) is 5.15. The second kappa shape index (κ2) is 5.40. The quantitative estimate of drug-likeness (QED) is 0.782. The van der Waals surface area contributed by atoms with Crippen LogP contribution in [0.1, 0.15) is 45.4 Å². The van der Waals surface area contributed by atoms with E-state index in [2.05, 4.69) is 5.32 Å². The van der Waals surface area contributed by atoms with Crippen molar-refractivity contribution >= 4 is 17.8 Å². The van der Waals surface area contributed by atoms with Crippen LogP contribution in [0.15, 0.2) is 0 Å². The van der Waals surface area contributed by atoms with E-state index in [0.29, 0.717) is 26.1 Å². The Morgan fingerprint density at radius 1 is 1.14 bits per heavy atom. The summed E-state index contributed by atoms with van der Waals surface area (Å²) in [7, 11) is 0. The Morgan fingerprint density at radius 2 is 1.76 bits per heavy atom. The van der Waals surface area contributed by atoms with E-state index < -0.39 is 23.4 Å². The highest BCUT2D eigenvalue weighted by atomic mass is 16.5. The van der Waals surface area contributed by atoms with E-state index in [1.807, 2.05) is 6.92 Å². The molecule has 0 spiro atoms. The molecule has 2 aliphatic heterocycles. The number of hydrogen-bond donors (Lipinski definition) is 1. The molecule has 3 aliphatic rings. The van der Waals surface area contributed by atoms with Gasteiger partial charge in [-0.05, 0) is 38.5 Å². The van der Waals surface area contributed by atoms with E-state index in [9.17, 15) is 14.4 Å². The van der Waals surface area contributed by atoms with Crippen molar-refractivity contribution in [1.29, 1.82) is 0 Å². The molecular formula is C15H22N2O4. The molecule has 0 aromatic rings. The fraction of sp³-hybridized carbons (Fsp3) is 0.800. The van der Waals surface area contributed by atoms with Gasteiger partial charge >= 0.3 is 6.03 Å². The number of nitrogens with zero attached hydrogens (tertiary/aromatic N) is 1. The van der Waals surface area contributed by atoms with Crippen molar-refractivity contribution in [2.75, 3.05) is 13.2 Å². The zero-order valence-corrected chi connectivity index (χ0v) is 12.4. The summed E-state index contributed by atoms with van der Waals surface area (Å²) >= 11 is 0. The summed E-state index contributed by atoms with van der Waals surface area (Å²) in [5.74, 6) is -1.33. The molecule has 2 heterocycles. The third kappa shape index (κ3) is 2.46. The first-order chi connectivity index (χ1) is 10.0. The summed E-state index contributed by atoms with van der Waals surface area (Å²) in [6.45, 7) is 2.99. The molecule has 4 amide bonds. The highest BCUT2D eigenvalue weighted by molar-refractivity contribution is 6.16. The molecule has 1 atom stereocenters.